The van der Waals surface area contributed by atoms with E-state index < -0.39 is 0 Å². The minimum absolute atomic E-state index is 0.0415. The van der Waals surface area contributed by atoms with Crippen LogP contribution in [0.15, 0.2) is 22.5 Å². The van der Waals surface area contributed by atoms with Gasteiger partial charge < -0.3 is 5.32 Å². The van der Waals surface area contributed by atoms with Crippen molar-refractivity contribution in [3.05, 3.63) is 23.2 Å². The Balaban J connectivity index is 2.14. The van der Waals surface area contributed by atoms with Crippen molar-refractivity contribution in [2.24, 2.45) is 0 Å². The molecule has 0 saturated heterocycles. The number of thiazole rings is 1. The van der Waals surface area contributed by atoms with Crippen molar-refractivity contribution in [3.8, 4) is 0 Å². The number of carbonyl (C=O) groups excluding carboxylic acids is 1. The quantitative estimate of drug-likeness (QED) is 0.878. The zero-order valence-corrected chi connectivity index (χ0v) is 12.5. The Morgan fingerprint density at radius 3 is 3.11 bits per heavy atom. The molecule has 0 spiro atoms. The van der Waals surface area contributed by atoms with Gasteiger partial charge >= 0.3 is 0 Å². The highest BCUT2D eigenvalue weighted by atomic mass is 35.5. The van der Waals surface area contributed by atoms with Gasteiger partial charge in [0, 0.05) is 11.6 Å². The Morgan fingerprint density at radius 1 is 1.61 bits per heavy atom. The summed E-state index contributed by atoms with van der Waals surface area (Å²) in [5.41, 5.74) is 0.887. The van der Waals surface area contributed by atoms with Crippen LogP contribution in [0.3, 0.4) is 0 Å². The normalized spacial score (nSPS) is 12.6. The second-order valence-corrected chi connectivity index (χ2v) is 6.80. The van der Waals surface area contributed by atoms with E-state index in [4.69, 9.17) is 11.6 Å². The first kappa shape index (κ1) is 13.6. The average molecular weight is 301 g/mol. The van der Waals surface area contributed by atoms with E-state index in [-0.39, 0.29) is 11.2 Å². The van der Waals surface area contributed by atoms with Gasteiger partial charge in [-0.25, -0.2) is 4.98 Å². The van der Waals surface area contributed by atoms with Crippen molar-refractivity contribution in [3.63, 3.8) is 0 Å². The van der Waals surface area contributed by atoms with Crippen LogP contribution in [0.4, 0.5) is 0 Å². The molecule has 1 aromatic carbocycles. The molecular formula is C12H13ClN2OS2. The first-order valence-corrected chi connectivity index (χ1v) is 7.68. The molecule has 0 aliphatic rings. The third-order valence-electron chi connectivity index (χ3n) is 2.33. The van der Waals surface area contributed by atoms with E-state index in [2.05, 4.69) is 10.3 Å². The molecule has 1 aromatic heterocycles. The smallest absolute Gasteiger partial charge is 0.233 e. The van der Waals surface area contributed by atoms with E-state index >= 15 is 0 Å². The summed E-state index contributed by atoms with van der Waals surface area (Å²) in [7, 11) is 0. The van der Waals surface area contributed by atoms with Crippen molar-refractivity contribution in [2.75, 3.05) is 6.54 Å². The number of carbonyl (C=O) groups is 1. The molecule has 96 valence electrons. The van der Waals surface area contributed by atoms with Crippen LogP contribution in [-0.4, -0.2) is 22.7 Å². The molecule has 0 fully saturated rings. The zero-order valence-electron chi connectivity index (χ0n) is 10.1. The molecule has 0 radical (unpaired) electrons. The Labute approximate surface area is 119 Å². The van der Waals surface area contributed by atoms with Gasteiger partial charge in [0.1, 0.15) is 0 Å². The Hall–Kier alpha value is -0.780. The molecule has 0 saturated carbocycles. The maximum atomic E-state index is 11.6. The molecule has 1 atom stereocenters. The second-order valence-electron chi connectivity index (χ2n) is 3.75. The van der Waals surface area contributed by atoms with Crippen molar-refractivity contribution in [1.29, 1.82) is 0 Å². The van der Waals surface area contributed by atoms with Gasteiger partial charge in [-0.3, -0.25) is 4.79 Å². The van der Waals surface area contributed by atoms with Crippen LogP contribution in [0.25, 0.3) is 10.2 Å². The third kappa shape index (κ3) is 3.16. The first-order chi connectivity index (χ1) is 8.60. The summed E-state index contributed by atoms with van der Waals surface area (Å²) < 4.78 is 1.98. The molecule has 0 aliphatic heterocycles. The molecule has 3 nitrogen and oxygen atoms in total. The van der Waals surface area contributed by atoms with Crippen LogP contribution >= 0.6 is 34.7 Å². The number of hydrogen-bond acceptors (Lipinski definition) is 4. The average Bonchev–Trinajstić information content (AvgIpc) is 2.70. The lowest BCUT2D eigenvalue weighted by molar-refractivity contribution is -0.120. The number of hydrogen-bond donors (Lipinski definition) is 1. The molecule has 2 aromatic rings. The number of aromatic nitrogens is 1. The van der Waals surface area contributed by atoms with Crippen LogP contribution in [0, 0.1) is 0 Å². The zero-order chi connectivity index (χ0) is 13.1. The number of thioether (sulfide) groups is 1. The number of benzene rings is 1. The highest BCUT2D eigenvalue weighted by Crippen LogP contribution is 2.33. The highest BCUT2D eigenvalue weighted by molar-refractivity contribution is 8.02. The maximum Gasteiger partial charge on any atom is 0.233 e. The molecular weight excluding hydrogens is 288 g/mol. The van der Waals surface area contributed by atoms with Gasteiger partial charge in [0.05, 0.1) is 15.5 Å². The molecule has 1 amide bonds. The van der Waals surface area contributed by atoms with Gasteiger partial charge in [0.15, 0.2) is 4.34 Å². The molecule has 1 heterocycles. The number of nitrogens with one attached hydrogen (secondary N) is 1. The number of amides is 1. The van der Waals surface area contributed by atoms with Crippen molar-refractivity contribution in [1.82, 2.24) is 10.3 Å². The van der Waals surface area contributed by atoms with Gasteiger partial charge in [0.25, 0.3) is 0 Å². The molecule has 0 unspecified atom stereocenters. The summed E-state index contributed by atoms with van der Waals surface area (Å²) in [6, 6.07) is 5.65. The lowest BCUT2D eigenvalue weighted by Crippen LogP contribution is -2.30. The SMILES string of the molecule is CCNC(=O)[C@H](C)Sc1nc2cc(Cl)ccc2s1. The van der Waals surface area contributed by atoms with Crippen LogP contribution in [0.1, 0.15) is 13.8 Å². The van der Waals surface area contributed by atoms with E-state index in [0.29, 0.717) is 11.6 Å². The molecule has 18 heavy (non-hydrogen) atoms. The van der Waals surface area contributed by atoms with Crippen LogP contribution in [-0.2, 0) is 4.79 Å². The van der Waals surface area contributed by atoms with Crippen molar-refractivity contribution < 1.29 is 4.79 Å². The Morgan fingerprint density at radius 2 is 2.39 bits per heavy atom. The fourth-order valence-corrected chi connectivity index (χ4v) is 3.83. The van der Waals surface area contributed by atoms with Crippen molar-refractivity contribution in [2.45, 2.75) is 23.4 Å². The maximum absolute atomic E-state index is 11.6. The predicted octanol–water partition coefficient (Wildman–Crippen LogP) is 3.57. The lowest BCUT2D eigenvalue weighted by Gasteiger charge is -2.07. The molecule has 0 aliphatic carbocycles. The third-order valence-corrected chi connectivity index (χ3v) is 4.79. The van der Waals surface area contributed by atoms with Crippen LogP contribution in [0.2, 0.25) is 5.02 Å². The number of nitrogens with zero attached hydrogens (tertiary/aromatic N) is 1. The fraction of sp³-hybridized carbons (Fsp3) is 0.333. The van der Waals surface area contributed by atoms with E-state index in [1.54, 1.807) is 11.3 Å². The number of rotatable bonds is 4. The van der Waals surface area contributed by atoms with Gasteiger partial charge in [-0.05, 0) is 32.0 Å². The largest absolute Gasteiger partial charge is 0.355 e. The molecule has 0 bridgehead atoms. The Kier molecular flexibility index (Phi) is 4.48. The number of halogens is 1. The van der Waals surface area contributed by atoms with E-state index in [0.717, 1.165) is 14.6 Å². The fourth-order valence-electron chi connectivity index (χ4n) is 1.45. The lowest BCUT2D eigenvalue weighted by atomic mass is 10.3. The molecule has 2 rings (SSSR count). The van der Waals surface area contributed by atoms with Gasteiger partial charge in [-0.15, -0.1) is 11.3 Å². The monoisotopic (exact) mass is 300 g/mol. The predicted molar refractivity (Wildman–Crippen MR) is 78.6 cm³/mol. The summed E-state index contributed by atoms with van der Waals surface area (Å²) in [5.74, 6) is 0.0415. The van der Waals surface area contributed by atoms with Gasteiger partial charge in [0.2, 0.25) is 5.91 Å². The van der Waals surface area contributed by atoms with E-state index in [1.165, 1.54) is 11.8 Å². The summed E-state index contributed by atoms with van der Waals surface area (Å²) in [4.78, 5) is 16.1. The summed E-state index contributed by atoms with van der Waals surface area (Å²) >= 11 is 8.98. The molecule has 1 N–H and O–H groups in total. The van der Waals surface area contributed by atoms with E-state index in [1.807, 2.05) is 32.0 Å². The second kappa shape index (κ2) is 5.91. The van der Waals surface area contributed by atoms with E-state index in [9.17, 15) is 4.79 Å². The summed E-state index contributed by atoms with van der Waals surface area (Å²) in [6.45, 7) is 4.45. The Bertz CT molecular complexity index is 570. The van der Waals surface area contributed by atoms with Gasteiger partial charge in [-0.2, -0.15) is 0 Å². The molecule has 6 heteroatoms. The minimum atomic E-state index is -0.138. The topological polar surface area (TPSA) is 42.0 Å². The first-order valence-electron chi connectivity index (χ1n) is 5.60. The highest BCUT2D eigenvalue weighted by Gasteiger charge is 2.15. The summed E-state index contributed by atoms with van der Waals surface area (Å²) in [5, 5.41) is 3.35. The van der Waals surface area contributed by atoms with Crippen LogP contribution in [0.5, 0.6) is 0 Å². The van der Waals surface area contributed by atoms with Crippen molar-refractivity contribution >= 4 is 50.8 Å². The number of fused-ring (bicyclic) bond motifs is 1. The van der Waals surface area contributed by atoms with Gasteiger partial charge in [-0.1, -0.05) is 23.4 Å². The summed E-state index contributed by atoms with van der Waals surface area (Å²) in [6.07, 6.45) is 0. The van der Waals surface area contributed by atoms with Crippen LogP contribution < -0.4 is 5.32 Å². The minimum Gasteiger partial charge on any atom is -0.355 e. The standard InChI is InChI=1S/C12H13ClN2OS2/c1-3-14-11(16)7(2)17-12-15-9-6-8(13)4-5-10(9)18-12/h4-7H,3H2,1-2H3,(H,14,16)/t7-/m0/s1.